The number of nitrogens with zero attached hydrogens (tertiary/aromatic N) is 2. The summed E-state index contributed by atoms with van der Waals surface area (Å²) in [5.74, 6) is 1.41. The number of hydrogen-bond donors (Lipinski definition) is 2. The summed E-state index contributed by atoms with van der Waals surface area (Å²) in [6, 6.07) is 0. The number of thiazole rings is 1. The quantitative estimate of drug-likeness (QED) is 0.500. The Kier molecular flexibility index (Phi) is 9.95. The van der Waals surface area contributed by atoms with Gasteiger partial charge in [0.2, 0.25) is 0 Å². The molecule has 0 spiro atoms. The molecule has 24 heavy (non-hydrogen) atoms. The van der Waals surface area contributed by atoms with Crippen LogP contribution in [-0.2, 0) is 11.2 Å². The van der Waals surface area contributed by atoms with E-state index in [4.69, 9.17) is 4.74 Å². The first-order valence-corrected chi connectivity index (χ1v) is 9.86. The molecule has 2 N–H and O–H groups in total. The summed E-state index contributed by atoms with van der Waals surface area (Å²) < 4.78 is 5.78. The number of aryl methyl sites for hydroxylation is 2. The van der Waals surface area contributed by atoms with Crippen LogP contribution in [0.2, 0.25) is 0 Å². The second-order valence-corrected chi connectivity index (χ2v) is 7.49. The molecule has 0 aliphatic carbocycles. The third-order valence-corrected chi connectivity index (χ3v) is 4.93. The molecule has 1 unspecified atom stereocenters. The Morgan fingerprint density at radius 1 is 1.25 bits per heavy atom. The van der Waals surface area contributed by atoms with E-state index in [-0.39, 0.29) is 6.10 Å². The van der Waals surface area contributed by atoms with Crippen molar-refractivity contribution in [1.29, 1.82) is 0 Å². The van der Waals surface area contributed by atoms with Gasteiger partial charge in [0.1, 0.15) is 0 Å². The second kappa shape index (κ2) is 11.4. The molecule has 6 heteroatoms. The second-order valence-electron chi connectivity index (χ2n) is 6.21. The van der Waals surface area contributed by atoms with E-state index in [9.17, 15) is 0 Å². The van der Waals surface area contributed by atoms with E-state index in [1.54, 1.807) is 11.3 Å². The predicted molar refractivity (Wildman–Crippen MR) is 104 cm³/mol. The molecule has 138 valence electrons. The highest BCUT2D eigenvalue weighted by atomic mass is 32.1. The van der Waals surface area contributed by atoms with Crippen LogP contribution in [-0.4, -0.2) is 43.3 Å². The lowest BCUT2D eigenvalue weighted by Crippen LogP contribution is -2.38. The van der Waals surface area contributed by atoms with Gasteiger partial charge in [-0.2, -0.15) is 0 Å². The Labute approximate surface area is 151 Å². The Bertz CT molecular complexity index is 499. The molecule has 0 radical (unpaired) electrons. The fourth-order valence-corrected chi connectivity index (χ4v) is 3.51. The first-order chi connectivity index (χ1) is 11.5. The highest BCUT2D eigenvalue weighted by Gasteiger charge is 2.12. The van der Waals surface area contributed by atoms with Gasteiger partial charge in [-0.15, -0.1) is 11.3 Å². The molecule has 1 aromatic rings. The van der Waals surface area contributed by atoms with Crippen molar-refractivity contribution in [3.8, 4) is 0 Å². The fraction of sp³-hybridized carbons (Fsp3) is 0.778. The predicted octanol–water partition coefficient (Wildman–Crippen LogP) is 3.31. The topological polar surface area (TPSA) is 58.5 Å². The first kappa shape index (κ1) is 20.9. The summed E-state index contributed by atoms with van der Waals surface area (Å²) in [6.07, 6.45) is 2.22. The molecular formula is C18H34N4OS. The average Bonchev–Trinajstić information content (AvgIpc) is 2.84. The van der Waals surface area contributed by atoms with Crippen LogP contribution in [0.25, 0.3) is 0 Å². The smallest absolute Gasteiger partial charge is 0.191 e. The molecule has 1 aromatic heterocycles. The maximum Gasteiger partial charge on any atom is 0.191 e. The van der Waals surface area contributed by atoms with Gasteiger partial charge in [-0.05, 0) is 40.0 Å². The molecule has 0 amide bonds. The van der Waals surface area contributed by atoms with E-state index in [2.05, 4.69) is 55.2 Å². The molecule has 1 rings (SSSR count). The summed E-state index contributed by atoms with van der Waals surface area (Å²) in [5.41, 5.74) is 1.15. The number of nitrogens with one attached hydrogen (secondary N) is 2. The Morgan fingerprint density at radius 3 is 2.54 bits per heavy atom. The molecule has 5 nitrogen and oxygen atoms in total. The van der Waals surface area contributed by atoms with Crippen LogP contribution in [0.3, 0.4) is 0 Å². The zero-order valence-corrected chi connectivity index (χ0v) is 16.9. The largest absolute Gasteiger partial charge is 0.378 e. The molecule has 1 atom stereocenters. The van der Waals surface area contributed by atoms with E-state index < -0.39 is 0 Å². The summed E-state index contributed by atoms with van der Waals surface area (Å²) in [4.78, 5) is 10.5. The third kappa shape index (κ3) is 7.62. The van der Waals surface area contributed by atoms with Crippen LogP contribution in [0.1, 0.15) is 49.7 Å². The number of ether oxygens (including phenoxy) is 1. The highest BCUT2D eigenvalue weighted by molar-refractivity contribution is 7.11. The Balaban J connectivity index is 2.45. The summed E-state index contributed by atoms with van der Waals surface area (Å²) in [5, 5.41) is 7.86. The summed E-state index contributed by atoms with van der Waals surface area (Å²) in [6.45, 7) is 16.0. The highest BCUT2D eigenvalue weighted by Crippen LogP contribution is 2.17. The third-order valence-electron chi connectivity index (χ3n) is 3.80. The van der Waals surface area contributed by atoms with Gasteiger partial charge in [-0.3, -0.25) is 4.99 Å². The minimum Gasteiger partial charge on any atom is -0.378 e. The van der Waals surface area contributed by atoms with Gasteiger partial charge in [0.05, 0.1) is 16.8 Å². The van der Waals surface area contributed by atoms with E-state index >= 15 is 0 Å². The molecular weight excluding hydrogens is 320 g/mol. The number of aliphatic imine (C=N–C) groups is 1. The van der Waals surface area contributed by atoms with Crippen molar-refractivity contribution in [1.82, 2.24) is 15.6 Å². The molecule has 0 saturated heterocycles. The van der Waals surface area contributed by atoms with Crippen molar-refractivity contribution in [3.63, 3.8) is 0 Å². The lowest BCUT2D eigenvalue weighted by Gasteiger charge is -2.20. The number of guanidine groups is 1. The van der Waals surface area contributed by atoms with Crippen LogP contribution >= 0.6 is 11.3 Å². The van der Waals surface area contributed by atoms with Gasteiger partial charge >= 0.3 is 0 Å². The molecule has 0 aromatic carbocycles. The van der Waals surface area contributed by atoms with Crippen LogP contribution in [0.5, 0.6) is 0 Å². The Morgan fingerprint density at radius 2 is 2.00 bits per heavy atom. The van der Waals surface area contributed by atoms with Gasteiger partial charge in [-0.1, -0.05) is 13.8 Å². The van der Waals surface area contributed by atoms with Crippen molar-refractivity contribution >= 4 is 17.3 Å². The van der Waals surface area contributed by atoms with E-state index in [1.807, 2.05) is 6.92 Å². The fourth-order valence-electron chi connectivity index (χ4n) is 2.57. The first-order valence-electron chi connectivity index (χ1n) is 9.04. The van der Waals surface area contributed by atoms with E-state index in [0.29, 0.717) is 5.92 Å². The minimum absolute atomic E-state index is 0.282. The van der Waals surface area contributed by atoms with Gasteiger partial charge in [0.25, 0.3) is 0 Å². The lowest BCUT2D eigenvalue weighted by molar-refractivity contribution is 0.0266. The average molecular weight is 355 g/mol. The zero-order valence-electron chi connectivity index (χ0n) is 16.1. The zero-order chi connectivity index (χ0) is 17.9. The molecule has 0 bridgehead atoms. The van der Waals surface area contributed by atoms with Crippen molar-refractivity contribution in [2.24, 2.45) is 10.9 Å². The van der Waals surface area contributed by atoms with Gasteiger partial charge < -0.3 is 15.4 Å². The summed E-state index contributed by atoms with van der Waals surface area (Å²) in [7, 11) is 0. The van der Waals surface area contributed by atoms with E-state index in [1.165, 1.54) is 4.88 Å². The van der Waals surface area contributed by atoms with Gasteiger partial charge in [-0.25, -0.2) is 4.98 Å². The molecule has 0 aliphatic heterocycles. The van der Waals surface area contributed by atoms with Crippen LogP contribution in [0, 0.1) is 19.8 Å². The molecule has 0 fully saturated rings. The van der Waals surface area contributed by atoms with Crippen molar-refractivity contribution in [2.75, 3.05) is 26.2 Å². The monoisotopic (exact) mass is 354 g/mol. The number of aromatic nitrogens is 1. The summed E-state index contributed by atoms with van der Waals surface area (Å²) >= 11 is 1.78. The Hall–Kier alpha value is -1.14. The van der Waals surface area contributed by atoms with Crippen LogP contribution < -0.4 is 10.6 Å². The van der Waals surface area contributed by atoms with E-state index in [0.717, 1.165) is 55.7 Å². The standard InChI is InChI=1S/C18H34N4OS/c1-7-19-18(20-11-9-16(13(3)4)23-8-2)21-12-10-17-14(5)22-15(6)24-17/h13,16H,7-12H2,1-6H3,(H2,19,20,21). The van der Waals surface area contributed by atoms with Crippen molar-refractivity contribution in [2.45, 2.75) is 60.5 Å². The molecule has 1 heterocycles. The van der Waals surface area contributed by atoms with Crippen LogP contribution in [0.15, 0.2) is 4.99 Å². The minimum atomic E-state index is 0.282. The van der Waals surface area contributed by atoms with Crippen molar-refractivity contribution in [3.05, 3.63) is 15.6 Å². The van der Waals surface area contributed by atoms with Gasteiger partial charge in [0, 0.05) is 37.5 Å². The van der Waals surface area contributed by atoms with Gasteiger partial charge in [0.15, 0.2) is 5.96 Å². The molecule has 0 aliphatic rings. The van der Waals surface area contributed by atoms with Crippen molar-refractivity contribution < 1.29 is 4.74 Å². The van der Waals surface area contributed by atoms with Crippen LogP contribution in [0.4, 0.5) is 0 Å². The normalized spacial score (nSPS) is 13.4. The SMILES string of the molecule is CCNC(=NCCC(OCC)C(C)C)NCCc1sc(C)nc1C. The molecule has 0 saturated carbocycles. The lowest BCUT2D eigenvalue weighted by atomic mass is 10.0. The maximum atomic E-state index is 5.78. The maximum absolute atomic E-state index is 5.78. The number of rotatable bonds is 10. The number of hydrogen-bond acceptors (Lipinski definition) is 4.